The molecule has 17 heavy (non-hydrogen) atoms. The molecular formula is C14H19N3. The highest BCUT2D eigenvalue weighted by molar-refractivity contribution is 5.21. The first kappa shape index (κ1) is 11.9. The highest BCUT2D eigenvalue weighted by atomic mass is 15.1. The molecule has 0 aliphatic carbocycles. The molecule has 1 unspecified atom stereocenters. The van der Waals surface area contributed by atoms with E-state index in [0.29, 0.717) is 6.04 Å². The second-order valence-electron chi connectivity index (χ2n) is 4.35. The Labute approximate surface area is 102 Å². The zero-order chi connectivity index (χ0) is 12.3. The van der Waals surface area contributed by atoms with E-state index in [0.717, 1.165) is 12.1 Å². The monoisotopic (exact) mass is 229 g/mol. The Balaban J connectivity index is 2.39. The van der Waals surface area contributed by atoms with E-state index in [1.807, 2.05) is 25.5 Å². The van der Waals surface area contributed by atoms with Gasteiger partial charge in [-0.25, -0.2) is 4.98 Å². The molecule has 0 saturated heterocycles. The van der Waals surface area contributed by atoms with Crippen LogP contribution in [0.2, 0.25) is 0 Å². The largest absolute Gasteiger partial charge is 0.326 e. The molecule has 2 atom stereocenters. The van der Waals surface area contributed by atoms with Crippen LogP contribution in [0.5, 0.6) is 0 Å². The smallest absolute Gasteiger partial charge is 0.0954 e. The van der Waals surface area contributed by atoms with Gasteiger partial charge in [0.2, 0.25) is 0 Å². The summed E-state index contributed by atoms with van der Waals surface area (Å²) in [5.74, 6) is 0. The van der Waals surface area contributed by atoms with E-state index in [1.54, 1.807) is 0 Å². The molecule has 0 amide bonds. The summed E-state index contributed by atoms with van der Waals surface area (Å²) in [6, 6.07) is 10.8. The third kappa shape index (κ3) is 2.39. The highest BCUT2D eigenvalue weighted by Crippen LogP contribution is 2.25. The van der Waals surface area contributed by atoms with Gasteiger partial charge in [-0.2, -0.15) is 0 Å². The van der Waals surface area contributed by atoms with E-state index in [1.165, 1.54) is 5.56 Å². The van der Waals surface area contributed by atoms with E-state index < -0.39 is 0 Å². The van der Waals surface area contributed by atoms with Gasteiger partial charge in [-0.05, 0) is 18.9 Å². The Morgan fingerprint density at radius 1 is 1.29 bits per heavy atom. The van der Waals surface area contributed by atoms with Gasteiger partial charge in [-0.1, -0.05) is 37.3 Å². The second kappa shape index (κ2) is 5.15. The number of nitrogens with zero attached hydrogens (tertiary/aromatic N) is 2. The Morgan fingerprint density at radius 2 is 2.00 bits per heavy atom. The Bertz CT molecular complexity index is 459. The fourth-order valence-corrected chi connectivity index (χ4v) is 2.20. The van der Waals surface area contributed by atoms with Crippen molar-refractivity contribution >= 4 is 0 Å². The maximum atomic E-state index is 5.97. The van der Waals surface area contributed by atoms with Gasteiger partial charge in [0.05, 0.1) is 18.1 Å². The average molecular weight is 229 g/mol. The molecule has 2 N–H and O–H groups in total. The zero-order valence-electron chi connectivity index (χ0n) is 10.4. The summed E-state index contributed by atoms with van der Waals surface area (Å²) >= 11 is 0. The number of aromatic nitrogens is 2. The van der Waals surface area contributed by atoms with Crippen molar-refractivity contribution in [3.63, 3.8) is 0 Å². The molecule has 0 fully saturated rings. The van der Waals surface area contributed by atoms with Gasteiger partial charge in [0.1, 0.15) is 0 Å². The van der Waals surface area contributed by atoms with Crippen molar-refractivity contribution in [2.45, 2.75) is 32.4 Å². The Hall–Kier alpha value is -1.61. The molecule has 0 bridgehead atoms. The van der Waals surface area contributed by atoms with Crippen molar-refractivity contribution in [1.82, 2.24) is 9.55 Å². The standard InChI is InChI=1S/C14H19N3/c1-3-13(12-7-5-4-6-8-12)17-10-16-9-14(17)11(2)15/h4-11,13H,3,15H2,1-2H3/t11-,13?/m0/s1. The molecule has 0 saturated carbocycles. The molecule has 2 aromatic rings. The number of imidazole rings is 1. The van der Waals surface area contributed by atoms with Crippen LogP contribution in [0, 0.1) is 0 Å². The van der Waals surface area contributed by atoms with Crippen LogP contribution >= 0.6 is 0 Å². The Morgan fingerprint density at radius 3 is 2.59 bits per heavy atom. The lowest BCUT2D eigenvalue weighted by atomic mass is 10.0. The van der Waals surface area contributed by atoms with Crippen molar-refractivity contribution in [3.8, 4) is 0 Å². The first-order chi connectivity index (χ1) is 8.24. The SMILES string of the molecule is CCC(c1ccccc1)n1cncc1[C@H](C)N. The van der Waals surface area contributed by atoms with Crippen molar-refractivity contribution in [1.29, 1.82) is 0 Å². The minimum atomic E-state index is 0.00950. The van der Waals surface area contributed by atoms with Crippen LogP contribution in [0.15, 0.2) is 42.9 Å². The van der Waals surface area contributed by atoms with E-state index in [2.05, 4.69) is 40.7 Å². The summed E-state index contributed by atoms with van der Waals surface area (Å²) < 4.78 is 2.18. The lowest BCUT2D eigenvalue weighted by Gasteiger charge is -2.21. The summed E-state index contributed by atoms with van der Waals surface area (Å²) in [5, 5.41) is 0. The van der Waals surface area contributed by atoms with Gasteiger partial charge in [0.15, 0.2) is 0 Å². The number of hydrogen-bond donors (Lipinski definition) is 1. The van der Waals surface area contributed by atoms with Crippen LogP contribution in [0.25, 0.3) is 0 Å². The predicted octanol–water partition coefficient (Wildman–Crippen LogP) is 2.90. The maximum Gasteiger partial charge on any atom is 0.0954 e. The van der Waals surface area contributed by atoms with Crippen LogP contribution in [-0.4, -0.2) is 9.55 Å². The molecule has 2 rings (SSSR count). The quantitative estimate of drug-likeness (QED) is 0.876. The van der Waals surface area contributed by atoms with Crippen LogP contribution < -0.4 is 5.73 Å². The van der Waals surface area contributed by atoms with Gasteiger partial charge in [-0.3, -0.25) is 0 Å². The zero-order valence-corrected chi connectivity index (χ0v) is 10.4. The van der Waals surface area contributed by atoms with Gasteiger partial charge in [0, 0.05) is 12.2 Å². The number of rotatable bonds is 4. The second-order valence-corrected chi connectivity index (χ2v) is 4.35. The molecule has 1 aromatic carbocycles. The van der Waals surface area contributed by atoms with Gasteiger partial charge < -0.3 is 10.3 Å². The molecule has 3 nitrogen and oxygen atoms in total. The molecule has 90 valence electrons. The van der Waals surface area contributed by atoms with Crippen LogP contribution in [0.3, 0.4) is 0 Å². The molecule has 0 aliphatic rings. The van der Waals surface area contributed by atoms with Crippen LogP contribution in [-0.2, 0) is 0 Å². The van der Waals surface area contributed by atoms with Crippen LogP contribution in [0.4, 0.5) is 0 Å². The van der Waals surface area contributed by atoms with E-state index in [4.69, 9.17) is 5.73 Å². The predicted molar refractivity (Wildman–Crippen MR) is 69.7 cm³/mol. The molecular weight excluding hydrogens is 210 g/mol. The number of nitrogens with two attached hydrogens (primary N) is 1. The van der Waals surface area contributed by atoms with E-state index >= 15 is 0 Å². The minimum absolute atomic E-state index is 0.00950. The van der Waals surface area contributed by atoms with Crippen molar-refractivity contribution in [3.05, 3.63) is 54.1 Å². The topological polar surface area (TPSA) is 43.8 Å². The summed E-state index contributed by atoms with van der Waals surface area (Å²) in [6.07, 6.45) is 4.76. The van der Waals surface area contributed by atoms with Gasteiger partial charge >= 0.3 is 0 Å². The third-order valence-electron chi connectivity index (χ3n) is 3.07. The summed E-state index contributed by atoms with van der Waals surface area (Å²) in [4.78, 5) is 4.22. The van der Waals surface area contributed by atoms with E-state index in [9.17, 15) is 0 Å². The van der Waals surface area contributed by atoms with Crippen molar-refractivity contribution in [2.24, 2.45) is 5.73 Å². The number of hydrogen-bond acceptors (Lipinski definition) is 2. The average Bonchev–Trinajstić information content (AvgIpc) is 2.81. The maximum absolute atomic E-state index is 5.97. The van der Waals surface area contributed by atoms with Crippen molar-refractivity contribution < 1.29 is 0 Å². The van der Waals surface area contributed by atoms with Crippen LogP contribution in [0.1, 0.15) is 43.6 Å². The summed E-state index contributed by atoms with van der Waals surface area (Å²) in [7, 11) is 0. The molecule has 0 aliphatic heterocycles. The summed E-state index contributed by atoms with van der Waals surface area (Å²) in [5.41, 5.74) is 8.35. The fourth-order valence-electron chi connectivity index (χ4n) is 2.20. The molecule has 3 heteroatoms. The Kier molecular flexibility index (Phi) is 3.59. The molecule has 0 spiro atoms. The first-order valence-electron chi connectivity index (χ1n) is 6.06. The fraction of sp³-hybridized carbons (Fsp3) is 0.357. The molecule has 0 radical (unpaired) electrons. The highest BCUT2D eigenvalue weighted by Gasteiger charge is 2.16. The minimum Gasteiger partial charge on any atom is -0.326 e. The first-order valence-corrected chi connectivity index (χ1v) is 6.06. The van der Waals surface area contributed by atoms with Gasteiger partial charge in [0.25, 0.3) is 0 Å². The normalized spacial score (nSPS) is 14.5. The summed E-state index contributed by atoms with van der Waals surface area (Å²) in [6.45, 7) is 4.17. The lowest BCUT2D eigenvalue weighted by Crippen LogP contribution is -2.16. The molecule has 1 heterocycles. The number of benzene rings is 1. The van der Waals surface area contributed by atoms with E-state index in [-0.39, 0.29) is 6.04 Å². The lowest BCUT2D eigenvalue weighted by molar-refractivity contribution is 0.529. The van der Waals surface area contributed by atoms with Gasteiger partial charge in [-0.15, -0.1) is 0 Å². The van der Waals surface area contributed by atoms with Crippen molar-refractivity contribution in [2.75, 3.05) is 0 Å². The molecule has 1 aromatic heterocycles. The third-order valence-corrected chi connectivity index (χ3v) is 3.07.